The van der Waals surface area contributed by atoms with Crippen LogP contribution in [0.5, 0.6) is 11.5 Å². The monoisotopic (exact) mass is 581 g/mol. The minimum absolute atomic E-state index is 0.0582. The molecule has 210 valence electrons. The molecule has 2 N–H and O–H groups in total. The van der Waals surface area contributed by atoms with Crippen LogP contribution in [0.3, 0.4) is 0 Å². The van der Waals surface area contributed by atoms with Gasteiger partial charge in [0.1, 0.15) is 15.8 Å². The topological polar surface area (TPSA) is 102 Å². The van der Waals surface area contributed by atoms with E-state index in [4.69, 9.17) is 30.8 Å². The number of furan rings is 1. The van der Waals surface area contributed by atoms with Gasteiger partial charge in [0.15, 0.2) is 16.6 Å². The van der Waals surface area contributed by atoms with Crippen molar-refractivity contribution in [1.82, 2.24) is 15.5 Å². The van der Waals surface area contributed by atoms with Gasteiger partial charge in [-0.05, 0) is 60.1 Å². The first-order valence-electron chi connectivity index (χ1n) is 12.7. The standard InChI is InChI=1S/C29H31N3O6S2/c1-35-24-10-8-20(18-25(24)36-2)12-13-30-28(34)23(31-27(33)21-6-4-3-5-7-21)19-22-9-11-26(38-22)40-29(39)32-14-16-37-17-15-32/h3-11,18-19H,12-17H2,1-2H3,(H,30,34)(H,31,33). The Hall–Kier alpha value is -3.80. The zero-order valence-electron chi connectivity index (χ0n) is 22.3. The fraction of sp³-hybridized carbons (Fsp3) is 0.276. The van der Waals surface area contributed by atoms with E-state index in [0.717, 1.165) is 18.7 Å². The molecular formula is C29H31N3O6S2. The van der Waals surface area contributed by atoms with E-state index in [1.807, 2.05) is 24.3 Å². The van der Waals surface area contributed by atoms with Gasteiger partial charge < -0.3 is 34.2 Å². The third kappa shape index (κ3) is 8.10. The molecule has 0 spiro atoms. The minimum atomic E-state index is -0.445. The summed E-state index contributed by atoms with van der Waals surface area (Å²) in [4.78, 5) is 28.1. The number of rotatable bonds is 10. The van der Waals surface area contributed by atoms with Gasteiger partial charge in [-0.2, -0.15) is 0 Å². The van der Waals surface area contributed by atoms with Gasteiger partial charge in [-0.25, -0.2) is 0 Å². The Morgan fingerprint density at radius 3 is 2.50 bits per heavy atom. The maximum atomic E-state index is 13.2. The van der Waals surface area contributed by atoms with Crippen LogP contribution >= 0.6 is 24.0 Å². The van der Waals surface area contributed by atoms with E-state index in [0.29, 0.717) is 58.4 Å². The largest absolute Gasteiger partial charge is 0.493 e. The van der Waals surface area contributed by atoms with Crippen molar-refractivity contribution in [2.75, 3.05) is 47.1 Å². The number of hydrogen-bond donors (Lipinski definition) is 2. The number of amides is 2. The Kier molecular flexibility index (Phi) is 10.6. The van der Waals surface area contributed by atoms with Gasteiger partial charge in [-0.15, -0.1) is 0 Å². The molecule has 2 heterocycles. The molecule has 2 amide bonds. The van der Waals surface area contributed by atoms with Gasteiger partial charge >= 0.3 is 0 Å². The molecule has 4 rings (SSSR count). The molecule has 9 nitrogen and oxygen atoms in total. The summed E-state index contributed by atoms with van der Waals surface area (Å²) >= 11 is 6.88. The van der Waals surface area contributed by atoms with E-state index >= 15 is 0 Å². The number of hydrogen-bond acceptors (Lipinski definition) is 8. The lowest BCUT2D eigenvalue weighted by Crippen LogP contribution is -2.38. The van der Waals surface area contributed by atoms with Crippen LogP contribution in [-0.4, -0.2) is 68.1 Å². The van der Waals surface area contributed by atoms with Crippen LogP contribution in [-0.2, 0) is 16.0 Å². The highest BCUT2D eigenvalue weighted by molar-refractivity contribution is 8.22. The number of nitrogens with one attached hydrogen (secondary N) is 2. The Labute approximate surface area is 242 Å². The molecule has 0 radical (unpaired) electrons. The van der Waals surface area contributed by atoms with Crippen LogP contribution in [0.4, 0.5) is 0 Å². The molecule has 0 saturated carbocycles. The molecule has 1 aliphatic heterocycles. The molecule has 3 aromatic rings. The second kappa shape index (κ2) is 14.5. The van der Waals surface area contributed by atoms with Crippen molar-refractivity contribution in [2.24, 2.45) is 0 Å². The third-order valence-electron chi connectivity index (χ3n) is 6.02. The summed E-state index contributed by atoms with van der Waals surface area (Å²) < 4.78 is 22.6. The lowest BCUT2D eigenvalue weighted by Gasteiger charge is -2.28. The third-order valence-corrected chi connectivity index (χ3v) is 7.38. The van der Waals surface area contributed by atoms with E-state index in [2.05, 4.69) is 15.5 Å². The summed E-state index contributed by atoms with van der Waals surface area (Å²) in [6, 6.07) is 17.8. The quantitative estimate of drug-likeness (QED) is 0.208. The molecule has 0 bridgehead atoms. The first-order chi connectivity index (χ1) is 19.5. The van der Waals surface area contributed by atoms with Crippen LogP contribution in [0.1, 0.15) is 21.7 Å². The van der Waals surface area contributed by atoms with Crippen molar-refractivity contribution in [3.8, 4) is 11.5 Å². The van der Waals surface area contributed by atoms with Crippen LogP contribution in [0.15, 0.2) is 75.9 Å². The smallest absolute Gasteiger partial charge is 0.267 e. The van der Waals surface area contributed by atoms with Crippen LogP contribution in [0.2, 0.25) is 0 Å². The number of methoxy groups -OCH3 is 2. The van der Waals surface area contributed by atoms with Crippen LogP contribution in [0.25, 0.3) is 6.08 Å². The minimum Gasteiger partial charge on any atom is -0.493 e. The number of thiocarbonyl (C=S) groups is 1. The van der Waals surface area contributed by atoms with Gasteiger partial charge in [-0.3, -0.25) is 9.59 Å². The molecule has 40 heavy (non-hydrogen) atoms. The Morgan fingerprint density at radius 2 is 1.77 bits per heavy atom. The molecule has 1 saturated heterocycles. The van der Waals surface area contributed by atoms with Gasteiger partial charge in [0.25, 0.3) is 11.8 Å². The van der Waals surface area contributed by atoms with Crippen LogP contribution < -0.4 is 20.1 Å². The second-order valence-electron chi connectivity index (χ2n) is 8.70. The van der Waals surface area contributed by atoms with Gasteiger partial charge in [0, 0.05) is 31.3 Å². The molecule has 11 heteroatoms. The van der Waals surface area contributed by atoms with Gasteiger partial charge in [0.05, 0.1) is 27.4 Å². The van der Waals surface area contributed by atoms with Crippen molar-refractivity contribution in [3.05, 3.63) is 83.2 Å². The lowest BCUT2D eigenvalue weighted by atomic mass is 10.1. The second-order valence-corrected chi connectivity index (χ2v) is 10.3. The maximum Gasteiger partial charge on any atom is 0.267 e. The van der Waals surface area contributed by atoms with E-state index in [1.54, 1.807) is 50.6 Å². The summed E-state index contributed by atoms with van der Waals surface area (Å²) in [6.45, 7) is 3.08. The van der Waals surface area contributed by atoms with Crippen molar-refractivity contribution in [2.45, 2.75) is 11.5 Å². The Morgan fingerprint density at radius 1 is 1.02 bits per heavy atom. The summed E-state index contributed by atoms with van der Waals surface area (Å²) in [7, 11) is 3.15. The van der Waals surface area contributed by atoms with Crippen molar-refractivity contribution >= 4 is 46.2 Å². The van der Waals surface area contributed by atoms with E-state index in [-0.39, 0.29) is 5.70 Å². The first kappa shape index (κ1) is 29.2. The first-order valence-corrected chi connectivity index (χ1v) is 13.9. The fourth-order valence-electron chi connectivity index (χ4n) is 3.90. The Bertz CT molecular complexity index is 1350. The number of carbonyl (C=O) groups is 2. The number of ether oxygens (including phenoxy) is 3. The normalized spacial score (nSPS) is 13.4. The predicted octanol–water partition coefficient (Wildman–Crippen LogP) is 4.14. The van der Waals surface area contributed by atoms with E-state index in [9.17, 15) is 9.59 Å². The van der Waals surface area contributed by atoms with Gasteiger partial charge in [-0.1, -0.05) is 36.5 Å². The summed E-state index contributed by atoms with van der Waals surface area (Å²) in [5.74, 6) is 0.800. The molecular weight excluding hydrogens is 550 g/mol. The maximum absolute atomic E-state index is 13.2. The average Bonchev–Trinajstić information content (AvgIpc) is 3.43. The SMILES string of the molecule is COc1ccc(CCNC(=O)C(=Cc2ccc(SC(=S)N3CCOCC3)o2)NC(=O)c2ccccc2)cc1OC. The molecule has 1 fully saturated rings. The average molecular weight is 582 g/mol. The molecule has 2 aromatic carbocycles. The fourth-order valence-corrected chi connectivity index (χ4v) is 5.09. The number of carbonyl (C=O) groups excluding carboxylic acids is 2. The van der Waals surface area contributed by atoms with Crippen molar-refractivity contribution in [3.63, 3.8) is 0 Å². The molecule has 0 unspecified atom stereocenters. The molecule has 0 atom stereocenters. The number of benzene rings is 2. The Balaban J connectivity index is 1.45. The number of nitrogens with zero attached hydrogens (tertiary/aromatic N) is 1. The summed E-state index contributed by atoms with van der Waals surface area (Å²) in [6.07, 6.45) is 2.06. The summed E-state index contributed by atoms with van der Waals surface area (Å²) in [5.41, 5.74) is 1.45. The number of thioether (sulfide) groups is 1. The molecule has 0 aliphatic carbocycles. The zero-order valence-corrected chi connectivity index (χ0v) is 23.9. The lowest BCUT2D eigenvalue weighted by molar-refractivity contribution is -0.117. The van der Waals surface area contributed by atoms with Crippen molar-refractivity contribution in [1.29, 1.82) is 0 Å². The van der Waals surface area contributed by atoms with E-state index in [1.165, 1.54) is 17.8 Å². The van der Waals surface area contributed by atoms with Gasteiger partial charge in [0.2, 0.25) is 0 Å². The zero-order chi connectivity index (χ0) is 28.3. The van der Waals surface area contributed by atoms with Crippen molar-refractivity contribution < 1.29 is 28.2 Å². The number of morpholine rings is 1. The molecule has 1 aliphatic rings. The van der Waals surface area contributed by atoms with E-state index < -0.39 is 11.8 Å². The molecule has 1 aromatic heterocycles. The van der Waals surface area contributed by atoms with Crippen LogP contribution in [0, 0.1) is 0 Å². The highest BCUT2D eigenvalue weighted by Crippen LogP contribution is 2.28. The highest BCUT2D eigenvalue weighted by atomic mass is 32.2. The summed E-state index contributed by atoms with van der Waals surface area (Å²) in [5, 5.41) is 6.19. The predicted molar refractivity (Wildman–Crippen MR) is 158 cm³/mol. The highest BCUT2D eigenvalue weighted by Gasteiger charge is 2.18.